The minimum atomic E-state index is -3.69. The summed E-state index contributed by atoms with van der Waals surface area (Å²) in [7, 11) is -0.978. The van der Waals surface area contributed by atoms with E-state index in [0.717, 1.165) is 22.5 Å². The molecule has 0 unspecified atom stereocenters. The Morgan fingerprint density at radius 1 is 1.41 bits per heavy atom. The average Bonchev–Trinajstić information content (AvgIpc) is 2.27. The zero-order valence-electron chi connectivity index (χ0n) is 9.25. The third kappa shape index (κ3) is 2.52. The van der Waals surface area contributed by atoms with Gasteiger partial charge in [0, 0.05) is 26.2 Å². The van der Waals surface area contributed by atoms with Crippen LogP contribution in [0.15, 0.2) is 23.1 Å². The van der Waals surface area contributed by atoms with E-state index < -0.39 is 14.9 Å². The van der Waals surface area contributed by atoms with Crippen LogP contribution in [0.5, 0.6) is 0 Å². The molecule has 0 bridgehead atoms. The average molecular weight is 260 g/mol. The highest BCUT2D eigenvalue weighted by Gasteiger charge is 2.23. The zero-order valence-corrected chi connectivity index (χ0v) is 10.1. The fourth-order valence-electron chi connectivity index (χ4n) is 1.17. The van der Waals surface area contributed by atoms with Gasteiger partial charge in [-0.15, -0.1) is 0 Å². The van der Waals surface area contributed by atoms with Crippen molar-refractivity contribution in [2.75, 3.05) is 19.5 Å². The van der Waals surface area contributed by atoms with Crippen molar-refractivity contribution in [3.63, 3.8) is 0 Å². The van der Waals surface area contributed by atoms with Crippen molar-refractivity contribution in [1.82, 2.24) is 4.31 Å². The molecule has 0 aromatic heterocycles. The standard InChI is InChI=1S/C8H12N4O4S/c1-11(2)17(15,16)8-4-3-6(12(13)14)5-7(8)10-9/h3-5,10H,9H2,1-2H3. The molecule has 0 aliphatic rings. The zero-order chi connectivity index (χ0) is 13.2. The number of nitro benzene ring substituents is 1. The maximum absolute atomic E-state index is 11.9. The van der Waals surface area contributed by atoms with Crippen LogP contribution in [0, 0.1) is 10.1 Å². The molecule has 1 aromatic carbocycles. The van der Waals surface area contributed by atoms with Crippen LogP contribution in [0.3, 0.4) is 0 Å². The number of nitrogen functional groups attached to an aromatic ring is 1. The largest absolute Gasteiger partial charge is 0.323 e. The number of nitrogens with zero attached hydrogens (tertiary/aromatic N) is 2. The molecule has 0 atom stereocenters. The number of benzene rings is 1. The highest BCUT2D eigenvalue weighted by atomic mass is 32.2. The van der Waals surface area contributed by atoms with Crippen molar-refractivity contribution in [3.05, 3.63) is 28.3 Å². The van der Waals surface area contributed by atoms with Gasteiger partial charge in [0.05, 0.1) is 10.6 Å². The fraction of sp³-hybridized carbons (Fsp3) is 0.250. The monoisotopic (exact) mass is 260 g/mol. The quantitative estimate of drug-likeness (QED) is 0.451. The van der Waals surface area contributed by atoms with Gasteiger partial charge in [0.1, 0.15) is 4.90 Å². The number of nitrogens with one attached hydrogen (secondary N) is 1. The molecule has 0 spiro atoms. The molecule has 0 saturated carbocycles. The molecule has 9 heteroatoms. The highest BCUT2D eigenvalue weighted by Crippen LogP contribution is 2.27. The molecule has 8 nitrogen and oxygen atoms in total. The summed E-state index contributed by atoms with van der Waals surface area (Å²) in [6, 6.07) is 3.32. The molecule has 0 aliphatic heterocycles. The normalized spacial score (nSPS) is 11.5. The Kier molecular flexibility index (Phi) is 3.66. The van der Waals surface area contributed by atoms with Crippen molar-refractivity contribution in [2.24, 2.45) is 5.84 Å². The summed E-state index contributed by atoms with van der Waals surface area (Å²) in [4.78, 5) is 9.79. The number of sulfonamides is 1. The van der Waals surface area contributed by atoms with E-state index in [9.17, 15) is 18.5 Å². The second kappa shape index (κ2) is 4.65. The number of non-ortho nitro benzene ring substituents is 1. The van der Waals surface area contributed by atoms with Gasteiger partial charge in [0.25, 0.3) is 5.69 Å². The number of hydrogen-bond donors (Lipinski definition) is 2. The van der Waals surface area contributed by atoms with Crippen LogP contribution < -0.4 is 11.3 Å². The van der Waals surface area contributed by atoms with Crippen LogP contribution in [0.25, 0.3) is 0 Å². The summed E-state index contributed by atoms with van der Waals surface area (Å²) in [6.45, 7) is 0. The van der Waals surface area contributed by atoms with Gasteiger partial charge in [-0.1, -0.05) is 0 Å². The van der Waals surface area contributed by atoms with Crippen LogP contribution in [-0.2, 0) is 10.0 Å². The Morgan fingerprint density at radius 2 is 2.00 bits per heavy atom. The van der Waals surface area contributed by atoms with E-state index in [-0.39, 0.29) is 16.3 Å². The lowest BCUT2D eigenvalue weighted by molar-refractivity contribution is -0.384. The van der Waals surface area contributed by atoms with Crippen LogP contribution >= 0.6 is 0 Å². The minimum Gasteiger partial charge on any atom is -0.323 e. The van der Waals surface area contributed by atoms with Crippen molar-refractivity contribution < 1.29 is 13.3 Å². The van der Waals surface area contributed by atoms with E-state index in [1.165, 1.54) is 14.1 Å². The summed E-state index contributed by atoms with van der Waals surface area (Å²) in [6.07, 6.45) is 0. The van der Waals surface area contributed by atoms with Crippen molar-refractivity contribution in [2.45, 2.75) is 4.90 Å². The predicted molar refractivity (Wildman–Crippen MR) is 61.8 cm³/mol. The van der Waals surface area contributed by atoms with Gasteiger partial charge < -0.3 is 5.43 Å². The van der Waals surface area contributed by atoms with Gasteiger partial charge in [-0.25, -0.2) is 12.7 Å². The second-order valence-corrected chi connectivity index (χ2v) is 5.49. The van der Waals surface area contributed by atoms with Crippen LogP contribution in [0.1, 0.15) is 0 Å². The van der Waals surface area contributed by atoms with E-state index >= 15 is 0 Å². The maximum atomic E-state index is 11.9. The number of anilines is 1. The highest BCUT2D eigenvalue weighted by molar-refractivity contribution is 7.89. The lowest BCUT2D eigenvalue weighted by atomic mass is 10.3. The molecular weight excluding hydrogens is 248 g/mol. The number of hydrazine groups is 1. The lowest BCUT2D eigenvalue weighted by Crippen LogP contribution is -2.24. The molecule has 0 radical (unpaired) electrons. The topological polar surface area (TPSA) is 119 Å². The first-order valence-electron chi connectivity index (χ1n) is 4.48. The number of nitrogens with two attached hydrogens (primary N) is 1. The molecule has 1 aromatic rings. The molecule has 0 heterocycles. The summed E-state index contributed by atoms with van der Waals surface area (Å²) in [5.41, 5.74) is 1.88. The summed E-state index contributed by atoms with van der Waals surface area (Å²) >= 11 is 0. The predicted octanol–water partition coefficient (Wildman–Crippen LogP) is 0.131. The van der Waals surface area contributed by atoms with E-state index in [1.54, 1.807) is 0 Å². The Morgan fingerprint density at radius 3 is 2.41 bits per heavy atom. The molecule has 17 heavy (non-hydrogen) atoms. The van der Waals surface area contributed by atoms with Gasteiger partial charge >= 0.3 is 0 Å². The summed E-state index contributed by atoms with van der Waals surface area (Å²) in [5, 5.41) is 10.5. The van der Waals surface area contributed by atoms with E-state index in [0.29, 0.717) is 0 Å². The third-order valence-electron chi connectivity index (χ3n) is 2.09. The van der Waals surface area contributed by atoms with Gasteiger partial charge in [0.2, 0.25) is 10.0 Å². The molecule has 0 fully saturated rings. The van der Waals surface area contributed by atoms with E-state index in [4.69, 9.17) is 5.84 Å². The van der Waals surface area contributed by atoms with E-state index in [1.807, 2.05) is 0 Å². The first kappa shape index (κ1) is 13.4. The summed E-state index contributed by atoms with van der Waals surface area (Å²) in [5.74, 6) is 5.16. The van der Waals surface area contributed by atoms with E-state index in [2.05, 4.69) is 5.43 Å². The fourth-order valence-corrected chi connectivity index (χ4v) is 2.20. The second-order valence-electron chi connectivity index (χ2n) is 3.37. The molecule has 0 aliphatic carbocycles. The smallest absolute Gasteiger partial charge is 0.271 e. The molecule has 0 saturated heterocycles. The van der Waals surface area contributed by atoms with Crippen LogP contribution in [-0.4, -0.2) is 31.7 Å². The van der Waals surface area contributed by atoms with Gasteiger partial charge in [0.15, 0.2) is 0 Å². The van der Waals surface area contributed by atoms with Crippen LogP contribution in [0.2, 0.25) is 0 Å². The van der Waals surface area contributed by atoms with Crippen molar-refractivity contribution in [1.29, 1.82) is 0 Å². The number of nitro groups is 1. The van der Waals surface area contributed by atoms with Crippen molar-refractivity contribution >= 4 is 21.4 Å². The van der Waals surface area contributed by atoms with Gasteiger partial charge in [-0.05, 0) is 6.07 Å². The first-order valence-corrected chi connectivity index (χ1v) is 5.92. The van der Waals surface area contributed by atoms with Crippen molar-refractivity contribution in [3.8, 4) is 0 Å². The Balaban J connectivity index is 3.42. The SMILES string of the molecule is CN(C)S(=O)(=O)c1ccc([N+](=O)[O-])cc1NN. The minimum absolute atomic E-state index is 0.0205. The molecule has 1 rings (SSSR count). The van der Waals surface area contributed by atoms with Gasteiger partial charge in [-0.2, -0.15) is 0 Å². The molecule has 94 valence electrons. The lowest BCUT2D eigenvalue weighted by Gasteiger charge is -2.14. The number of hydrogen-bond acceptors (Lipinski definition) is 6. The first-order chi connectivity index (χ1) is 7.80. The Hall–Kier alpha value is -1.71. The molecule has 0 amide bonds. The molecule has 3 N–H and O–H groups in total. The maximum Gasteiger partial charge on any atom is 0.271 e. The van der Waals surface area contributed by atoms with Gasteiger partial charge in [-0.3, -0.25) is 16.0 Å². The van der Waals surface area contributed by atoms with Crippen LogP contribution in [0.4, 0.5) is 11.4 Å². The third-order valence-corrected chi connectivity index (χ3v) is 3.96. The summed E-state index contributed by atoms with van der Waals surface area (Å²) < 4.78 is 24.7. The molecular formula is C8H12N4O4S. The Labute approximate surface area is 98.2 Å². The number of rotatable bonds is 4. The Bertz CT molecular complexity index is 540.